The van der Waals surface area contributed by atoms with Crippen LogP contribution in [0.5, 0.6) is 0 Å². The molecule has 1 unspecified atom stereocenters. The van der Waals surface area contributed by atoms with Gasteiger partial charge in [0.15, 0.2) is 0 Å². The molecule has 2 amide bonds. The van der Waals surface area contributed by atoms with Gasteiger partial charge < -0.3 is 20.1 Å². The van der Waals surface area contributed by atoms with Gasteiger partial charge in [-0.25, -0.2) is 4.79 Å². The normalized spacial score (nSPS) is 37.4. The van der Waals surface area contributed by atoms with Crippen molar-refractivity contribution < 1.29 is 24.2 Å². The van der Waals surface area contributed by atoms with Gasteiger partial charge in [0, 0.05) is 10.4 Å². The Hall–Kier alpha value is -1.77. The van der Waals surface area contributed by atoms with Gasteiger partial charge in [0.1, 0.15) is 11.4 Å². The van der Waals surface area contributed by atoms with Gasteiger partial charge in [-0.3, -0.25) is 9.59 Å². The minimum atomic E-state index is -1.82. The van der Waals surface area contributed by atoms with Crippen molar-refractivity contribution in [2.24, 2.45) is 0 Å². The summed E-state index contributed by atoms with van der Waals surface area (Å²) in [5.74, 6) is -2.27. The third kappa shape index (κ3) is 1.95. The number of hydrogen-bond donors (Lipinski definition) is 2. The molecule has 0 radical (unpaired) electrons. The SMILES string of the molecule is CC1(C)S[C@H]2N(C(=O)C23O[C@]3(Cl)C(=O)Nc2ccccc2)[C@H]1C(=O)O. The summed E-state index contributed by atoms with van der Waals surface area (Å²) < 4.78 is 4.74. The van der Waals surface area contributed by atoms with Crippen molar-refractivity contribution in [3.8, 4) is 0 Å². The van der Waals surface area contributed by atoms with Crippen LogP contribution in [-0.2, 0) is 19.1 Å². The second-order valence-corrected chi connectivity index (χ2v) is 9.05. The van der Waals surface area contributed by atoms with Gasteiger partial charge in [-0.2, -0.15) is 0 Å². The van der Waals surface area contributed by atoms with Crippen LogP contribution in [0.2, 0.25) is 0 Å². The number of thioether (sulfide) groups is 1. The molecule has 4 rings (SSSR count). The second-order valence-electron chi connectivity index (χ2n) is 6.78. The maximum Gasteiger partial charge on any atom is 0.327 e. The molecule has 3 saturated heterocycles. The van der Waals surface area contributed by atoms with Crippen LogP contribution in [0.3, 0.4) is 0 Å². The summed E-state index contributed by atoms with van der Waals surface area (Å²) in [5, 5.41) is 9.66. The third-order valence-electron chi connectivity index (χ3n) is 4.80. The van der Waals surface area contributed by atoms with Gasteiger partial charge in [0.2, 0.25) is 5.60 Å². The molecule has 1 spiro atoms. The van der Waals surface area contributed by atoms with E-state index in [-0.39, 0.29) is 0 Å². The van der Waals surface area contributed by atoms with Crippen molar-refractivity contribution >= 4 is 46.8 Å². The highest BCUT2D eigenvalue weighted by atomic mass is 35.5. The highest BCUT2D eigenvalue weighted by Gasteiger charge is 2.92. The molecule has 25 heavy (non-hydrogen) atoms. The fourth-order valence-corrected chi connectivity index (χ4v) is 5.71. The zero-order valence-corrected chi connectivity index (χ0v) is 14.9. The van der Waals surface area contributed by atoms with Crippen molar-refractivity contribution in [2.75, 3.05) is 5.32 Å². The monoisotopic (exact) mass is 382 g/mol. The molecule has 3 fully saturated rings. The highest BCUT2D eigenvalue weighted by molar-refractivity contribution is 8.01. The summed E-state index contributed by atoms with van der Waals surface area (Å²) in [6.45, 7) is 3.50. The van der Waals surface area contributed by atoms with Crippen molar-refractivity contribution in [3.05, 3.63) is 30.3 Å². The molecule has 0 aromatic heterocycles. The smallest absolute Gasteiger partial charge is 0.327 e. The maximum atomic E-state index is 12.7. The zero-order valence-electron chi connectivity index (χ0n) is 13.4. The molecule has 3 heterocycles. The molecule has 3 aliphatic heterocycles. The molecular weight excluding hydrogens is 368 g/mol. The van der Waals surface area contributed by atoms with Crippen molar-refractivity contribution in [2.45, 2.75) is 40.7 Å². The Morgan fingerprint density at radius 3 is 2.56 bits per heavy atom. The van der Waals surface area contributed by atoms with Gasteiger partial charge >= 0.3 is 5.97 Å². The first-order valence-electron chi connectivity index (χ1n) is 7.64. The number of para-hydroxylation sites is 1. The highest BCUT2D eigenvalue weighted by Crippen LogP contribution is 2.69. The topological polar surface area (TPSA) is 99.2 Å². The van der Waals surface area contributed by atoms with Gasteiger partial charge in [-0.1, -0.05) is 29.8 Å². The number of rotatable bonds is 3. The first-order valence-corrected chi connectivity index (χ1v) is 8.90. The lowest BCUT2D eigenvalue weighted by Crippen LogP contribution is -2.70. The molecule has 9 heteroatoms. The number of anilines is 1. The Morgan fingerprint density at radius 1 is 1.32 bits per heavy atom. The van der Waals surface area contributed by atoms with E-state index in [0.29, 0.717) is 5.69 Å². The maximum absolute atomic E-state index is 12.7. The van der Waals surface area contributed by atoms with E-state index in [2.05, 4.69) is 5.32 Å². The number of halogens is 1. The van der Waals surface area contributed by atoms with Crippen LogP contribution >= 0.6 is 23.4 Å². The number of carbonyl (C=O) groups excluding carboxylic acids is 2. The van der Waals surface area contributed by atoms with E-state index in [1.165, 1.54) is 16.7 Å². The number of carbonyl (C=O) groups is 3. The fourth-order valence-electron chi connectivity index (χ4n) is 3.56. The van der Waals surface area contributed by atoms with E-state index >= 15 is 0 Å². The molecule has 0 bridgehead atoms. The van der Waals surface area contributed by atoms with Crippen LogP contribution in [0.1, 0.15) is 13.8 Å². The number of β-lactam (4-membered cyclic amide) rings is 1. The molecule has 4 atom stereocenters. The Bertz CT molecular complexity index is 803. The van der Waals surface area contributed by atoms with E-state index < -0.39 is 44.6 Å². The molecule has 132 valence electrons. The number of aliphatic carboxylic acids is 1. The van der Waals surface area contributed by atoms with Crippen molar-refractivity contribution in [1.82, 2.24) is 4.90 Å². The standard InChI is InChI=1S/C16H15ClN2O5S/c1-14(2)9(10(20)21)19-12(23)15(13(19)25-14)16(17,24-15)11(22)18-8-6-4-3-5-7-8/h3-7,9,13H,1-2H3,(H,18,22)(H,20,21)/t9-,13+,15?,16+/m0/s1. The summed E-state index contributed by atoms with van der Waals surface area (Å²) in [6, 6.07) is 7.71. The van der Waals surface area contributed by atoms with Crippen LogP contribution in [0.4, 0.5) is 5.69 Å². The molecule has 1 aromatic rings. The van der Waals surface area contributed by atoms with Gasteiger partial charge in [-0.15, -0.1) is 11.8 Å². The van der Waals surface area contributed by atoms with Crippen LogP contribution < -0.4 is 5.32 Å². The lowest BCUT2D eigenvalue weighted by molar-refractivity contribution is -0.165. The Labute approximate surface area is 152 Å². The molecule has 0 saturated carbocycles. The summed E-state index contributed by atoms with van der Waals surface area (Å²) >= 11 is 7.63. The molecule has 0 aliphatic carbocycles. The molecular formula is C16H15ClN2O5S. The second kappa shape index (κ2) is 4.90. The van der Waals surface area contributed by atoms with Crippen molar-refractivity contribution in [1.29, 1.82) is 0 Å². The number of carboxylic acids is 1. The quantitative estimate of drug-likeness (QED) is 0.466. The number of ether oxygens (including phenoxy) is 1. The van der Waals surface area contributed by atoms with E-state index in [1.807, 2.05) is 0 Å². The van der Waals surface area contributed by atoms with Gasteiger partial charge in [0.25, 0.3) is 16.9 Å². The Kier molecular flexibility index (Phi) is 3.27. The van der Waals surface area contributed by atoms with Crippen LogP contribution in [-0.4, -0.2) is 54.6 Å². The molecule has 2 N–H and O–H groups in total. The van der Waals surface area contributed by atoms with Crippen LogP contribution in [0, 0.1) is 0 Å². The lowest BCUT2D eigenvalue weighted by Gasteiger charge is -2.42. The number of nitrogens with one attached hydrogen (secondary N) is 1. The van der Waals surface area contributed by atoms with E-state index in [0.717, 1.165) is 0 Å². The summed E-state index contributed by atoms with van der Waals surface area (Å²) in [5.41, 5.74) is -0.968. The van der Waals surface area contributed by atoms with E-state index in [4.69, 9.17) is 16.3 Å². The number of epoxide rings is 1. The number of carboxylic acid groups (broad SMARTS) is 1. The largest absolute Gasteiger partial charge is 0.480 e. The van der Waals surface area contributed by atoms with Crippen molar-refractivity contribution in [3.63, 3.8) is 0 Å². The predicted octanol–water partition coefficient (Wildman–Crippen LogP) is 1.48. The molecule has 7 nitrogen and oxygen atoms in total. The number of alkyl halides is 1. The van der Waals surface area contributed by atoms with Crippen LogP contribution in [0.15, 0.2) is 30.3 Å². The van der Waals surface area contributed by atoms with Gasteiger partial charge in [-0.05, 0) is 26.0 Å². The van der Waals surface area contributed by atoms with E-state index in [1.54, 1.807) is 44.2 Å². The fraction of sp³-hybridized carbons (Fsp3) is 0.438. The minimum Gasteiger partial charge on any atom is -0.480 e. The number of amides is 2. The molecule has 1 aromatic carbocycles. The first-order chi connectivity index (χ1) is 11.6. The summed E-state index contributed by atoms with van der Waals surface area (Å²) in [4.78, 5) is 38.0. The van der Waals surface area contributed by atoms with Gasteiger partial charge in [0.05, 0.1) is 0 Å². The Balaban J connectivity index is 1.59. The number of benzene rings is 1. The number of fused-ring (bicyclic) bond motifs is 2. The number of nitrogens with zero attached hydrogens (tertiary/aromatic N) is 1. The van der Waals surface area contributed by atoms with E-state index in [9.17, 15) is 19.5 Å². The first kappa shape index (κ1) is 16.7. The van der Waals surface area contributed by atoms with Crippen LogP contribution in [0.25, 0.3) is 0 Å². The predicted molar refractivity (Wildman–Crippen MR) is 91.2 cm³/mol. The average molecular weight is 383 g/mol. The lowest BCUT2D eigenvalue weighted by atomic mass is 9.88. The minimum absolute atomic E-state index is 0.532. The Morgan fingerprint density at radius 2 is 1.96 bits per heavy atom. The average Bonchev–Trinajstić information content (AvgIpc) is 3.13. The summed E-state index contributed by atoms with van der Waals surface area (Å²) in [6.07, 6.45) is 0. The third-order valence-corrected chi connectivity index (χ3v) is 6.94. The zero-order chi connectivity index (χ0) is 18.2. The summed E-state index contributed by atoms with van der Waals surface area (Å²) in [7, 11) is 0. The molecule has 3 aliphatic rings. The number of hydrogen-bond acceptors (Lipinski definition) is 5.